The molecule has 1 aromatic carbocycles. The number of amides is 4. The summed E-state index contributed by atoms with van der Waals surface area (Å²) >= 11 is 0. The first kappa shape index (κ1) is 38.9. The molecule has 3 fully saturated rings. The fraction of sp³-hybridized carbons (Fsp3) is 0.576. The lowest BCUT2D eigenvalue weighted by Gasteiger charge is -2.37. The van der Waals surface area contributed by atoms with Gasteiger partial charge in [-0.15, -0.1) is 5.10 Å². The van der Waals surface area contributed by atoms with Gasteiger partial charge in [-0.3, -0.25) is 28.5 Å². The Labute approximate surface area is 301 Å². The molecule has 1 saturated heterocycles. The number of Topliss-reactive ketones (excluding diaryl/α,β-unsaturated/α-hetero) is 1. The first-order chi connectivity index (χ1) is 24.5. The van der Waals surface area contributed by atoms with E-state index in [1.165, 1.54) is 40.0 Å². The standard InChI is InChI=1S/C33H43N7O10S2/c1-51(46,47)25-12-10-22(11-13-25)30(43)35-26(16-21-8-4-2-5-9-21)32(45)39-19-24(40-18-23(37-38-40)20-52(48,49)50)17-27(39)31(44)36-33(28(41)29(34)42)14-6-3-7-15-33/h10-13,18,21,24,27H,2-9,14-17,19-20H2,1H3,(H2,34,42)(H,36,44)(H,48,49,50)/t24-,27-/m0/s1. The van der Waals surface area contributed by atoms with Gasteiger partial charge in [-0.05, 0) is 49.4 Å². The van der Waals surface area contributed by atoms with Crippen molar-refractivity contribution in [3.05, 3.63) is 41.7 Å². The average Bonchev–Trinajstić information content (AvgIpc) is 3.75. The van der Waals surface area contributed by atoms with Gasteiger partial charge in [-0.1, -0.05) is 56.6 Å². The van der Waals surface area contributed by atoms with E-state index in [-0.39, 0.29) is 60.0 Å². The van der Waals surface area contributed by atoms with E-state index in [9.17, 15) is 45.4 Å². The van der Waals surface area contributed by atoms with Gasteiger partial charge in [0.2, 0.25) is 11.7 Å². The van der Waals surface area contributed by atoms with Gasteiger partial charge >= 0.3 is 0 Å². The number of rotatable bonds is 12. The molecule has 4 amide bonds. The number of ketones is 1. The Hall–Kier alpha value is -4.36. The molecule has 0 spiro atoms. The van der Waals surface area contributed by atoms with Gasteiger partial charge in [-0.25, -0.2) is 18.1 Å². The van der Waals surface area contributed by atoms with Gasteiger partial charge in [0.15, 0.2) is 9.84 Å². The lowest BCUT2D eigenvalue weighted by atomic mass is 9.78. The predicted molar refractivity (Wildman–Crippen MR) is 185 cm³/mol. The van der Waals surface area contributed by atoms with Crippen molar-refractivity contribution in [3.8, 4) is 0 Å². The van der Waals surface area contributed by atoms with E-state index in [4.69, 9.17) is 5.73 Å². The summed E-state index contributed by atoms with van der Waals surface area (Å²) in [4.78, 5) is 72.9. The van der Waals surface area contributed by atoms with Crippen molar-refractivity contribution in [1.82, 2.24) is 25.2 Å². The van der Waals surface area contributed by atoms with Gasteiger partial charge in [0, 0.05) is 31.0 Å². The summed E-state index contributed by atoms with van der Waals surface area (Å²) in [7, 11) is -7.97. The Morgan fingerprint density at radius 2 is 1.62 bits per heavy atom. The first-order valence-corrected chi connectivity index (χ1v) is 20.7. The number of carbonyl (C=O) groups is 5. The number of likely N-dealkylation sites (tertiary alicyclic amines) is 1. The van der Waals surface area contributed by atoms with Crippen LogP contribution >= 0.6 is 0 Å². The summed E-state index contributed by atoms with van der Waals surface area (Å²) in [6.45, 7) is -0.150. The molecule has 0 bridgehead atoms. The number of hydrogen-bond acceptors (Lipinski definition) is 11. The molecule has 0 radical (unpaired) electrons. The van der Waals surface area contributed by atoms with Crippen LogP contribution in [0.25, 0.3) is 0 Å². The molecule has 0 unspecified atom stereocenters. The van der Waals surface area contributed by atoms with E-state index in [0.717, 1.165) is 44.8 Å². The molecular formula is C33H43N7O10S2. The highest BCUT2D eigenvalue weighted by molar-refractivity contribution is 7.90. The zero-order chi connectivity index (χ0) is 37.8. The second-order valence-electron chi connectivity index (χ2n) is 14.0. The number of sulfone groups is 1. The summed E-state index contributed by atoms with van der Waals surface area (Å²) in [5.41, 5.74) is 3.70. The summed E-state index contributed by atoms with van der Waals surface area (Å²) in [5.74, 6) is -5.15. The summed E-state index contributed by atoms with van der Waals surface area (Å²) in [5, 5.41) is 10.5. The minimum Gasteiger partial charge on any atom is -0.363 e. The highest BCUT2D eigenvalue weighted by atomic mass is 32.2. The van der Waals surface area contributed by atoms with Crippen molar-refractivity contribution in [2.75, 3.05) is 12.8 Å². The fourth-order valence-electron chi connectivity index (χ4n) is 7.39. The molecule has 2 aromatic rings. The zero-order valence-corrected chi connectivity index (χ0v) is 30.4. The quantitative estimate of drug-likeness (QED) is 0.157. The van der Waals surface area contributed by atoms with Crippen LogP contribution in [0.2, 0.25) is 0 Å². The Balaban J connectivity index is 1.51. The third-order valence-corrected chi connectivity index (χ3v) is 11.8. The molecule has 2 saturated carbocycles. The highest BCUT2D eigenvalue weighted by Gasteiger charge is 2.48. The summed E-state index contributed by atoms with van der Waals surface area (Å²) in [6, 6.07) is 3.19. The Kier molecular flexibility index (Phi) is 11.7. The molecule has 2 heterocycles. The van der Waals surface area contributed by atoms with Crippen molar-refractivity contribution in [3.63, 3.8) is 0 Å². The van der Waals surface area contributed by atoms with Crippen LogP contribution in [-0.2, 0) is 44.9 Å². The Morgan fingerprint density at radius 3 is 2.21 bits per heavy atom. The number of aromatic nitrogens is 3. The molecule has 2 atom stereocenters. The number of hydrogen-bond donors (Lipinski definition) is 3. The smallest absolute Gasteiger partial charge is 0.287 e. The van der Waals surface area contributed by atoms with Crippen LogP contribution in [0.5, 0.6) is 0 Å². The lowest BCUT2D eigenvalue weighted by Crippen LogP contribution is -2.62. The maximum atomic E-state index is 14.6. The lowest BCUT2D eigenvalue weighted by molar-refractivity contribution is -0.144. The molecular weight excluding hydrogens is 719 g/mol. The van der Waals surface area contributed by atoms with Crippen molar-refractivity contribution in [2.45, 2.75) is 105 Å². The molecule has 282 valence electrons. The minimum absolute atomic E-state index is 0.00177. The molecule has 19 heteroatoms. The molecule has 17 nitrogen and oxygen atoms in total. The molecule has 1 aliphatic heterocycles. The fourth-order valence-corrected chi connectivity index (χ4v) is 8.52. The molecule has 1 aromatic heterocycles. The zero-order valence-electron chi connectivity index (χ0n) is 28.8. The van der Waals surface area contributed by atoms with Crippen molar-refractivity contribution in [2.24, 2.45) is 16.6 Å². The maximum absolute atomic E-state index is 14.6. The van der Waals surface area contributed by atoms with Crippen LogP contribution in [0, 0.1) is 5.92 Å². The third-order valence-electron chi connectivity index (χ3n) is 10.1. The largest absolute Gasteiger partial charge is 0.363 e. The predicted octanol–water partition coefficient (Wildman–Crippen LogP) is 1.34. The average molecular weight is 762 g/mol. The van der Waals surface area contributed by atoms with Gasteiger partial charge in [0.05, 0.1) is 10.9 Å². The van der Waals surface area contributed by atoms with Crippen LogP contribution < -0.4 is 11.1 Å². The van der Waals surface area contributed by atoms with Crippen LogP contribution in [0.1, 0.15) is 99.1 Å². The summed E-state index contributed by atoms with van der Waals surface area (Å²) in [6.07, 6.45) is 9.09. The van der Waals surface area contributed by atoms with E-state index in [0.29, 0.717) is 12.8 Å². The van der Waals surface area contributed by atoms with Gasteiger partial charge in [0.25, 0.3) is 27.8 Å². The van der Waals surface area contributed by atoms with Crippen LogP contribution in [0.4, 0.5) is 0 Å². The molecule has 5 rings (SSSR count). The number of nitrogens with zero attached hydrogens (tertiary/aromatic N) is 5. The Morgan fingerprint density at radius 1 is 0.981 bits per heavy atom. The normalized spacial score (nSPS) is 21.4. The van der Waals surface area contributed by atoms with Gasteiger partial charge in [0.1, 0.15) is 28.7 Å². The maximum Gasteiger partial charge on any atom is 0.287 e. The van der Waals surface area contributed by atoms with Crippen LogP contribution in [0.15, 0.2) is 40.4 Å². The number of nitrogens with two attached hydrogens (primary N) is 1. The highest BCUT2D eigenvalue weighted by Crippen LogP contribution is 2.34. The number of benzene rings is 1. The monoisotopic (exact) mass is 761 g/mol. The molecule has 52 heavy (non-hydrogen) atoms. The second-order valence-corrected chi connectivity index (χ2v) is 17.4. The molecule has 4 N–H and O–H groups in total. The van der Waals surface area contributed by atoms with E-state index < -0.39 is 72.7 Å². The van der Waals surface area contributed by atoms with E-state index in [2.05, 4.69) is 20.6 Å². The van der Waals surface area contributed by atoms with Crippen LogP contribution in [-0.4, -0.2) is 101 Å². The topological polar surface area (TPSA) is 258 Å². The van der Waals surface area contributed by atoms with Gasteiger partial charge < -0.3 is 16.0 Å². The Bertz CT molecular complexity index is 1960. The first-order valence-electron chi connectivity index (χ1n) is 17.2. The second kappa shape index (κ2) is 15.7. The van der Waals surface area contributed by atoms with Crippen molar-refractivity contribution >= 4 is 55.1 Å². The van der Waals surface area contributed by atoms with E-state index >= 15 is 0 Å². The molecule has 2 aliphatic carbocycles. The van der Waals surface area contributed by atoms with E-state index in [1.807, 2.05) is 0 Å². The van der Waals surface area contributed by atoms with Gasteiger partial charge in [-0.2, -0.15) is 8.42 Å². The molecule has 3 aliphatic rings. The van der Waals surface area contributed by atoms with Crippen LogP contribution in [0.3, 0.4) is 0 Å². The number of nitrogens with one attached hydrogen (secondary N) is 1. The SMILES string of the molecule is CS(=O)(=O)c1ccc(C(=O)N=C(CC2CCCCC2)C(=O)N2C[C@@H](n3cc(CS(=O)(=O)O)nn3)C[C@H]2C(=O)NC2(C(=O)C(N)=O)CCCCC2)cc1. The number of primary amides is 1. The number of carbonyl (C=O) groups excluding carboxylic acids is 5. The number of aliphatic imine (C=N–C) groups is 1. The van der Waals surface area contributed by atoms with Crippen molar-refractivity contribution < 1.29 is 45.4 Å². The van der Waals surface area contributed by atoms with Crippen molar-refractivity contribution in [1.29, 1.82) is 0 Å². The van der Waals surface area contributed by atoms with E-state index in [1.54, 1.807) is 0 Å². The summed E-state index contributed by atoms with van der Waals surface area (Å²) < 4.78 is 57.4. The minimum atomic E-state index is -4.44. The third kappa shape index (κ3) is 9.35.